The van der Waals surface area contributed by atoms with Crippen LogP contribution in [-0.2, 0) is 6.42 Å². The smallest absolute Gasteiger partial charge is 0.257 e. The lowest BCUT2D eigenvalue weighted by Crippen LogP contribution is -2.37. The molecular formula is C27H27ClN2O3S. The molecule has 5 rings (SSSR count). The lowest BCUT2D eigenvalue weighted by atomic mass is 10.0. The number of aromatic nitrogens is 1. The highest BCUT2D eigenvalue weighted by molar-refractivity contribution is 7.99. The number of rotatable bonds is 4. The first-order valence-electron chi connectivity index (χ1n) is 11.6. The maximum absolute atomic E-state index is 13.5. The van der Waals surface area contributed by atoms with Gasteiger partial charge in [-0.15, -0.1) is 11.8 Å². The van der Waals surface area contributed by atoms with E-state index in [0.717, 1.165) is 59.0 Å². The van der Waals surface area contributed by atoms with Crippen molar-refractivity contribution in [1.29, 1.82) is 0 Å². The fourth-order valence-corrected chi connectivity index (χ4v) is 6.72. The van der Waals surface area contributed by atoms with Crippen molar-refractivity contribution in [3.8, 4) is 11.4 Å². The van der Waals surface area contributed by atoms with Crippen LogP contribution in [0.5, 0.6) is 5.75 Å². The summed E-state index contributed by atoms with van der Waals surface area (Å²) in [6.07, 6.45) is 4.64. The highest BCUT2D eigenvalue weighted by Crippen LogP contribution is 2.47. The second-order valence-electron chi connectivity index (χ2n) is 8.93. The second kappa shape index (κ2) is 9.51. The van der Waals surface area contributed by atoms with Crippen LogP contribution in [0, 0.1) is 6.92 Å². The predicted molar refractivity (Wildman–Crippen MR) is 137 cm³/mol. The summed E-state index contributed by atoms with van der Waals surface area (Å²) in [6, 6.07) is 15.4. The number of thioether (sulfide) groups is 1. The number of carbonyl (C=O) groups excluding carboxylic acids is 1. The van der Waals surface area contributed by atoms with E-state index in [1.165, 1.54) is 0 Å². The minimum absolute atomic E-state index is 0.0682. The molecule has 1 saturated carbocycles. The zero-order valence-corrected chi connectivity index (χ0v) is 20.8. The summed E-state index contributed by atoms with van der Waals surface area (Å²) >= 11 is 8.07. The monoisotopic (exact) mass is 494 g/mol. The average Bonchev–Trinajstić information content (AvgIpc) is 3.26. The Balaban J connectivity index is 1.71. The average molecular weight is 495 g/mol. The van der Waals surface area contributed by atoms with Gasteiger partial charge in [-0.2, -0.15) is 0 Å². The number of methoxy groups -OCH3 is 1. The van der Waals surface area contributed by atoms with Gasteiger partial charge in [-0.05, 0) is 44.0 Å². The van der Waals surface area contributed by atoms with Crippen molar-refractivity contribution in [2.24, 2.45) is 0 Å². The number of fused-ring (bicyclic) bond motifs is 3. The molecule has 1 unspecified atom stereocenters. The molecule has 7 heteroatoms. The van der Waals surface area contributed by atoms with E-state index >= 15 is 0 Å². The molecule has 1 aromatic heterocycles. The molecule has 176 valence electrons. The quantitative estimate of drug-likeness (QED) is 0.492. The molecule has 2 heterocycles. The Morgan fingerprint density at radius 2 is 1.91 bits per heavy atom. The molecule has 3 aromatic rings. The molecule has 2 aromatic carbocycles. The van der Waals surface area contributed by atoms with Gasteiger partial charge in [0.15, 0.2) is 5.43 Å². The zero-order chi connectivity index (χ0) is 23.8. The summed E-state index contributed by atoms with van der Waals surface area (Å²) in [5.74, 6) is 0.505. The van der Waals surface area contributed by atoms with Crippen LogP contribution < -0.4 is 15.5 Å². The third kappa shape index (κ3) is 4.25. The number of amides is 1. The van der Waals surface area contributed by atoms with Gasteiger partial charge in [-0.3, -0.25) is 9.59 Å². The zero-order valence-electron chi connectivity index (χ0n) is 19.3. The number of hydrogen-bond acceptors (Lipinski definition) is 4. The molecule has 1 aliphatic carbocycles. The first-order valence-corrected chi connectivity index (χ1v) is 12.9. The number of hydrogen-bond donors (Lipinski definition) is 1. The molecular weight excluding hydrogens is 468 g/mol. The van der Waals surface area contributed by atoms with Crippen LogP contribution >= 0.6 is 23.4 Å². The van der Waals surface area contributed by atoms with Crippen LogP contribution in [0.4, 0.5) is 0 Å². The van der Waals surface area contributed by atoms with Crippen LogP contribution in [0.1, 0.15) is 58.2 Å². The van der Waals surface area contributed by atoms with E-state index in [-0.39, 0.29) is 28.2 Å². The lowest BCUT2D eigenvalue weighted by molar-refractivity contribution is 0.0935. The van der Waals surface area contributed by atoms with Gasteiger partial charge in [0.2, 0.25) is 0 Å². The normalized spacial score (nSPS) is 17.6. The van der Waals surface area contributed by atoms with Gasteiger partial charge < -0.3 is 14.6 Å². The molecule has 5 nitrogen and oxygen atoms in total. The first kappa shape index (κ1) is 23.1. The number of para-hydroxylation sites is 1. The first-order chi connectivity index (χ1) is 16.5. The Hall–Kier alpha value is -2.70. The Bertz CT molecular complexity index is 1310. The Morgan fingerprint density at radius 3 is 2.68 bits per heavy atom. The number of aryl methyl sites for hydroxylation is 1. The van der Waals surface area contributed by atoms with Gasteiger partial charge in [0.25, 0.3) is 5.91 Å². The van der Waals surface area contributed by atoms with Crippen molar-refractivity contribution < 1.29 is 9.53 Å². The third-order valence-electron chi connectivity index (χ3n) is 6.71. The van der Waals surface area contributed by atoms with Crippen LogP contribution in [0.2, 0.25) is 5.02 Å². The summed E-state index contributed by atoms with van der Waals surface area (Å²) in [6.45, 7) is 1.91. The van der Waals surface area contributed by atoms with Crippen molar-refractivity contribution in [2.75, 3.05) is 7.11 Å². The van der Waals surface area contributed by atoms with Crippen molar-refractivity contribution in [2.45, 2.75) is 55.2 Å². The molecule has 1 amide bonds. The molecule has 34 heavy (non-hydrogen) atoms. The second-order valence-corrected chi connectivity index (χ2v) is 10.6. The molecule has 1 atom stereocenters. The summed E-state index contributed by atoms with van der Waals surface area (Å²) in [5, 5.41) is 3.71. The largest absolute Gasteiger partial charge is 0.496 e. The molecule has 0 radical (unpaired) electrons. The highest BCUT2D eigenvalue weighted by atomic mass is 35.5. The van der Waals surface area contributed by atoms with E-state index in [4.69, 9.17) is 16.3 Å². The minimum atomic E-state index is -0.276. The number of halogens is 1. The maximum atomic E-state index is 13.5. The number of nitrogens with one attached hydrogen (secondary N) is 1. The molecule has 0 spiro atoms. The van der Waals surface area contributed by atoms with E-state index in [1.54, 1.807) is 24.9 Å². The van der Waals surface area contributed by atoms with Gasteiger partial charge in [-0.1, -0.05) is 42.6 Å². The van der Waals surface area contributed by atoms with Gasteiger partial charge in [0.1, 0.15) is 11.3 Å². The van der Waals surface area contributed by atoms with E-state index in [0.29, 0.717) is 11.4 Å². The van der Waals surface area contributed by atoms with E-state index in [2.05, 4.69) is 9.88 Å². The van der Waals surface area contributed by atoms with Gasteiger partial charge >= 0.3 is 0 Å². The fourth-order valence-electron chi connectivity index (χ4n) is 5.14. The molecule has 1 N–H and O–H groups in total. The number of benzene rings is 2. The number of ether oxygens (including phenoxy) is 1. The molecule has 2 aliphatic rings. The molecule has 1 aliphatic heterocycles. The molecule has 1 fully saturated rings. The number of nitrogens with zero attached hydrogens (tertiary/aromatic N) is 1. The summed E-state index contributed by atoms with van der Waals surface area (Å²) in [4.78, 5) is 27.7. The molecule has 0 saturated heterocycles. The van der Waals surface area contributed by atoms with Gasteiger partial charge in [0, 0.05) is 50.6 Å². The van der Waals surface area contributed by atoms with Crippen molar-refractivity contribution >= 4 is 29.3 Å². The van der Waals surface area contributed by atoms with Crippen molar-refractivity contribution in [3.05, 3.63) is 86.3 Å². The van der Waals surface area contributed by atoms with E-state index < -0.39 is 0 Å². The summed E-state index contributed by atoms with van der Waals surface area (Å²) in [7, 11) is 1.66. The van der Waals surface area contributed by atoms with Crippen LogP contribution in [0.15, 0.2) is 58.2 Å². The van der Waals surface area contributed by atoms with Gasteiger partial charge in [0.05, 0.1) is 12.8 Å². The van der Waals surface area contributed by atoms with E-state index in [1.807, 2.05) is 49.4 Å². The van der Waals surface area contributed by atoms with Crippen molar-refractivity contribution in [1.82, 2.24) is 9.88 Å². The Kier molecular flexibility index (Phi) is 6.45. The predicted octanol–water partition coefficient (Wildman–Crippen LogP) is 5.87. The van der Waals surface area contributed by atoms with Crippen LogP contribution in [-0.4, -0.2) is 23.6 Å². The molecule has 0 bridgehead atoms. The third-order valence-corrected chi connectivity index (χ3v) is 8.23. The Morgan fingerprint density at radius 1 is 1.15 bits per heavy atom. The van der Waals surface area contributed by atoms with E-state index in [9.17, 15) is 9.59 Å². The fraction of sp³-hybridized carbons (Fsp3) is 0.333. The topological polar surface area (TPSA) is 60.3 Å². The summed E-state index contributed by atoms with van der Waals surface area (Å²) in [5.41, 5.74) is 3.47. The van der Waals surface area contributed by atoms with Crippen molar-refractivity contribution in [3.63, 3.8) is 0 Å². The Labute approximate surface area is 208 Å². The lowest BCUT2D eigenvalue weighted by Gasteiger charge is -2.21. The maximum Gasteiger partial charge on any atom is 0.257 e. The summed E-state index contributed by atoms with van der Waals surface area (Å²) < 4.78 is 7.72. The number of carbonyl (C=O) groups is 1. The number of pyridine rings is 1. The minimum Gasteiger partial charge on any atom is -0.496 e. The standard InChI is InChI=1S/C27H27ClN2O3S/c1-16-13-22(31)26(27(32)29-18-7-3-4-8-18)21-15-24(19-9-5-6-10-23(19)33-2)34-25-14-17(28)11-12-20(25)30(16)21/h5-6,9-14,18,24H,3-4,7-8,15H2,1-2H3,(H,29,32). The van der Waals surface area contributed by atoms with Gasteiger partial charge in [-0.25, -0.2) is 0 Å². The van der Waals surface area contributed by atoms with Crippen LogP contribution in [0.25, 0.3) is 5.69 Å². The highest BCUT2D eigenvalue weighted by Gasteiger charge is 2.31. The SMILES string of the molecule is COc1ccccc1C1Cc2c(C(=O)NC3CCCC3)c(=O)cc(C)n2-c2ccc(Cl)cc2S1. The van der Waals surface area contributed by atoms with Crippen LogP contribution in [0.3, 0.4) is 0 Å².